The summed E-state index contributed by atoms with van der Waals surface area (Å²) in [5.41, 5.74) is 6.81. The molecule has 0 spiro atoms. The number of nitrogens with two attached hydrogens (primary N) is 1. The van der Waals surface area contributed by atoms with Crippen molar-refractivity contribution in [1.82, 2.24) is 19.7 Å². The first-order valence-electron chi connectivity index (χ1n) is 6.84. The normalized spacial score (nSPS) is 10.4. The van der Waals surface area contributed by atoms with Crippen LogP contribution in [0.3, 0.4) is 0 Å². The monoisotopic (exact) mass is 359 g/mol. The van der Waals surface area contributed by atoms with E-state index in [-0.39, 0.29) is 36.1 Å². The molecule has 0 aliphatic carbocycles. The van der Waals surface area contributed by atoms with Crippen LogP contribution in [-0.4, -0.2) is 45.7 Å². The van der Waals surface area contributed by atoms with E-state index in [0.29, 0.717) is 18.8 Å². The number of hydrogen-bond acceptors (Lipinski definition) is 4. The minimum atomic E-state index is -0.121. The number of aromatic nitrogens is 3. The summed E-state index contributed by atoms with van der Waals surface area (Å²) >= 11 is 0. The number of rotatable bonds is 5. The molecule has 0 atom stereocenters. The number of halogens is 2. The van der Waals surface area contributed by atoms with Crippen molar-refractivity contribution >= 4 is 30.7 Å². The van der Waals surface area contributed by atoms with Crippen LogP contribution < -0.4 is 5.73 Å². The molecule has 2 heterocycles. The number of hydrogen-bond donors (Lipinski definition) is 1. The predicted molar refractivity (Wildman–Crippen MR) is 95.7 cm³/mol. The van der Waals surface area contributed by atoms with Crippen molar-refractivity contribution in [2.24, 2.45) is 11.1 Å². The molecule has 2 N–H and O–H groups in total. The second-order valence-electron chi connectivity index (χ2n) is 5.88. The van der Waals surface area contributed by atoms with Crippen molar-refractivity contribution in [3.05, 3.63) is 42.5 Å². The van der Waals surface area contributed by atoms with Crippen LogP contribution in [0.25, 0.3) is 5.69 Å². The Hall–Kier alpha value is -1.63. The van der Waals surface area contributed by atoms with Crippen molar-refractivity contribution in [3.63, 3.8) is 0 Å². The van der Waals surface area contributed by atoms with Crippen LogP contribution >= 0.6 is 24.8 Å². The molecule has 0 saturated carbocycles. The van der Waals surface area contributed by atoms with Gasteiger partial charge in [0.25, 0.3) is 5.91 Å². The highest BCUT2D eigenvalue weighted by molar-refractivity contribution is 5.92. The smallest absolute Gasteiger partial charge is 0.272 e. The molecule has 0 fully saturated rings. The van der Waals surface area contributed by atoms with Gasteiger partial charge < -0.3 is 10.6 Å². The van der Waals surface area contributed by atoms with Gasteiger partial charge in [0, 0.05) is 32.2 Å². The second kappa shape index (κ2) is 8.86. The molecule has 23 heavy (non-hydrogen) atoms. The Bertz CT molecular complexity index is 616. The Morgan fingerprint density at radius 2 is 2.04 bits per heavy atom. The van der Waals surface area contributed by atoms with Gasteiger partial charge in [-0.05, 0) is 30.2 Å². The first-order chi connectivity index (χ1) is 9.93. The maximum atomic E-state index is 12.5. The molecule has 1 amide bonds. The van der Waals surface area contributed by atoms with Crippen molar-refractivity contribution in [3.8, 4) is 5.69 Å². The summed E-state index contributed by atoms with van der Waals surface area (Å²) in [5, 5.41) is 4.15. The number of nitrogens with zero attached hydrogens (tertiary/aromatic N) is 4. The zero-order valence-corrected chi connectivity index (χ0v) is 15.1. The Morgan fingerprint density at radius 1 is 1.35 bits per heavy atom. The summed E-state index contributed by atoms with van der Waals surface area (Å²) in [4.78, 5) is 18.3. The average Bonchev–Trinajstić information content (AvgIpc) is 3.00. The van der Waals surface area contributed by atoms with Gasteiger partial charge in [0.1, 0.15) is 5.69 Å². The molecule has 0 aromatic carbocycles. The molecule has 8 heteroatoms. The summed E-state index contributed by atoms with van der Waals surface area (Å²) in [5.74, 6) is -0.120. The molecule has 0 saturated heterocycles. The van der Waals surface area contributed by atoms with Crippen LogP contribution in [0, 0.1) is 5.41 Å². The number of amides is 1. The van der Waals surface area contributed by atoms with Gasteiger partial charge in [-0.3, -0.25) is 9.78 Å². The molecular weight excluding hydrogens is 337 g/mol. The topological polar surface area (TPSA) is 77.0 Å². The molecule has 0 unspecified atom stereocenters. The Balaban J connectivity index is 0.00000242. The molecule has 0 aliphatic heterocycles. The van der Waals surface area contributed by atoms with Gasteiger partial charge in [-0.25, -0.2) is 4.68 Å². The van der Waals surface area contributed by atoms with Crippen molar-refractivity contribution < 1.29 is 4.79 Å². The minimum absolute atomic E-state index is 0. The lowest BCUT2D eigenvalue weighted by atomic mass is 9.93. The van der Waals surface area contributed by atoms with Gasteiger partial charge in [-0.15, -0.1) is 24.8 Å². The van der Waals surface area contributed by atoms with E-state index in [2.05, 4.69) is 10.1 Å². The Labute approximate surface area is 148 Å². The lowest BCUT2D eigenvalue weighted by molar-refractivity contribution is 0.0734. The van der Waals surface area contributed by atoms with Crippen LogP contribution in [0.15, 0.2) is 36.8 Å². The summed E-state index contributed by atoms with van der Waals surface area (Å²) in [6.45, 7) is 5.16. The number of carbonyl (C=O) groups is 1. The first-order valence-corrected chi connectivity index (χ1v) is 6.84. The van der Waals surface area contributed by atoms with Crippen LogP contribution in [0.2, 0.25) is 0 Å². The summed E-state index contributed by atoms with van der Waals surface area (Å²) in [6.07, 6.45) is 5.13. The largest absolute Gasteiger partial charge is 0.340 e. The zero-order valence-electron chi connectivity index (χ0n) is 13.5. The average molecular weight is 360 g/mol. The van der Waals surface area contributed by atoms with Crippen LogP contribution in [0.4, 0.5) is 0 Å². The molecule has 0 bridgehead atoms. The SMILES string of the molecule is CN(CC(C)(C)CN)C(=O)c1cc(-n2cccn2)ccn1.Cl.Cl. The molecule has 2 rings (SSSR count). The maximum absolute atomic E-state index is 12.5. The number of pyridine rings is 1. The first kappa shape index (κ1) is 21.4. The van der Waals surface area contributed by atoms with Crippen LogP contribution in [-0.2, 0) is 0 Å². The molecular formula is C15H23Cl2N5O. The summed E-state index contributed by atoms with van der Waals surface area (Å²) in [6, 6.07) is 5.38. The van der Waals surface area contributed by atoms with Crippen LogP contribution in [0.5, 0.6) is 0 Å². The molecule has 2 aromatic heterocycles. The van der Waals surface area contributed by atoms with Gasteiger partial charge in [-0.1, -0.05) is 13.8 Å². The van der Waals surface area contributed by atoms with E-state index in [9.17, 15) is 4.79 Å². The lowest BCUT2D eigenvalue weighted by Gasteiger charge is -2.28. The highest BCUT2D eigenvalue weighted by Crippen LogP contribution is 2.16. The molecule has 2 aromatic rings. The van der Waals surface area contributed by atoms with Gasteiger partial charge in [-0.2, -0.15) is 5.10 Å². The molecule has 6 nitrogen and oxygen atoms in total. The molecule has 0 aliphatic rings. The third-order valence-corrected chi connectivity index (χ3v) is 3.30. The number of carbonyl (C=O) groups excluding carboxylic acids is 1. The molecule has 128 valence electrons. The summed E-state index contributed by atoms with van der Waals surface area (Å²) in [7, 11) is 1.77. The van der Waals surface area contributed by atoms with E-state index in [1.807, 2.05) is 32.2 Å². The maximum Gasteiger partial charge on any atom is 0.272 e. The second-order valence-corrected chi connectivity index (χ2v) is 5.88. The summed E-state index contributed by atoms with van der Waals surface area (Å²) < 4.78 is 1.70. The van der Waals surface area contributed by atoms with Gasteiger partial charge >= 0.3 is 0 Å². The van der Waals surface area contributed by atoms with Gasteiger partial charge in [0.2, 0.25) is 0 Å². The highest BCUT2D eigenvalue weighted by Gasteiger charge is 2.22. The fourth-order valence-corrected chi connectivity index (χ4v) is 2.07. The standard InChI is InChI=1S/C15H21N5O.2ClH/c1-15(2,10-16)11-19(3)14(21)13-9-12(5-7-17-13)20-8-4-6-18-20;;/h4-9H,10-11,16H2,1-3H3;2*1H. The Morgan fingerprint density at radius 3 is 2.61 bits per heavy atom. The quantitative estimate of drug-likeness (QED) is 0.887. The van der Waals surface area contributed by atoms with E-state index in [1.54, 1.807) is 35.1 Å². The van der Waals surface area contributed by atoms with E-state index in [4.69, 9.17) is 5.73 Å². The minimum Gasteiger partial charge on any atom is -0.340 e. The Kier molecular flexibility index (Phi) is 8.23. The van der Waals surface area contributed by atoms with Gasteiger partial charge in [0.05, 0.1) is 5.69 Å². The highest BCUT2D eigenvalue weighted by atomic mass is 35.5. The third kappa shape index (κ3) is 5.49. The fourth-order valence-electron chi connectivity index (χ4n) is 2.07. The fraction of sp³-hybridized carbons (Fsp3) is 0.400. The zero-order chi connectivity index (χ0) is 15.5. The molecule has 0 radical (unpaired) electrons. The van der Waals surface area contributed by atoms with Crippen LogP contribution in [0.1, 0.15) is 24.3 Å². The predicted octanol–water partition coefficient (Wildman–Crippen LogP) is 2.17. The van der Waals surface area contributed by atoms with E-state index >= 15 is 0 Å². The third-order valence-electron chi connectivity index (χ3n) is 3.30. The van der Waals surface area contributed by atoms with Gasteiger partial charge in [0.15, 0.2) is 0 Å². The van der Waals surface area contributed by atoms with E-state index in [1.165, 1.54) is 0 Å². The lowest BCUT2D eigenvalue weighted by Crippen LogP contribution is -2.40. The van der Waals surface area contributed by atoms with Crippen molar-refractivity contribution in [2.45, 2.75) is 13.8 Å². The van der Waals surface area contributed by atoms with Crippen molar-refractivity contribution in [1.29, 1.82) is 0 Å². The van der Waals surface area contributed by atoms with Crippen molar-refractivity contribution in [2.75, 3.05) is 20.1 Å². The van der Waals surface area contributed by atoms with E-state index in [0.717, 1.165) is 5.69 Å². The van der Waals surface area contributed by atoms with E-state index < -0.39 is 0 Å².